The number of benzene rings is 1. The van der Waals surface area contributed by atoms with Gasteiger partial charge in [-0.2, -0.15) is 0 Å². The molecule has 8 nitrogen and oxygen atoms in total. The maximum absolute atomic E-state index is 12.8. The van der Waals surface area contributed by atoms with Gasteiger partial charge in [0.15, 0.2) is 0 Å². The molecule has 2 fully saturated rings. The largest absolute Gasteiger partial charge is 0.494 e. The van der Waals surface area contributed by atoms with Crippen molar-refractivity contribution in [1.82, 2.24) is 20.9 Å². The number of carbonyl (C=O) groups is 3. The summed E-state index contributed by atoms with van der Waals surface area (Å²) in [5.41, 5.74) is -1.05. The van der Waals surface area contributed by atoms with Gasteiger partial charge in [0.25, 0.3) is 11.8 Å². The second-order valence-electron chi connectivity index (χ2n) is 5.64. The van der Waals surface area contributed by atoms with Crippen molar-refractivity contribution in [2.45, 2.75) is 12.5 Å². The predicted molar refractivity (Wildman–Crippen MR) is 85.4 cm³/mol. The molecular formula is C16H20N4O4. The number of piperazine rings is 1. The Hall–Kier alpha value is -2.45. The summed E-state index contributed by atoms with van der Waals surface area (Å²) < 4.78 is 5.42. The molecule has 2 aliphatic rings. The molecule has 3 rings (SSSR count). The summed E-state index contributed by atoms with van der Waals surface area (Å²) in [4.78, 5) is 38.8. The Morgan fingerprint density at radius 3 is 2.17 bits per heavy atom. The highest BCUT2D eigenvalue weighted by molar-refractivity contribution is 6.22. The fourth-order valence-electron chi connectivity index (χ4n) is 3.21. The van der Waals surface area contributed by atoms with E-state index in [1.165, 1.54) is 0 Å². The van der Waals surface area contributed by atoms with Gasteiger partial charge in [-0.3, -0.25) is 25.1 Å². The summed E-state index contributed by atoms with van der Waals surface area (Å²) in [5.74, 6) is -0.589. The summed E-state index contributed by atoms with van der Waals surface area (Å²) in [7, 11) is 0. The fraction of sp³-hybridized carbons (Fsp3) is 0.438. The lowest BCUT2D eigenvalue weighted by atomic mass is 9.84. The van der Waals surface area contributed by atoms with Crippen molar-refractivity contribution in [2.75, 3.05) is 32.8 Å². The Morgan fingerprint density at radius 1 is 1.04 bits per heavy atom. The van der Waals surface area contributed by atoms with Crippen molar-refractivity contribution in [1.29, 1.82) is 0 Å². The number of ether oxygens (including phenoxy) is 1. The number of urea groups is 1. The molecule has 0 radical (unpaired) electrons. The molecule has 2 aliphatic heterocycles. The van der Waals surface area contributed by atoms with Crippen LogP contribution in [0, 0.1) is 0 Å². The quantitative estimate of drug-likeness (QED) is 0.646. The first kappa shape index (κ1) is 16.4. The minimum atomic E-state index is -1.55. The number of carbonyl (C=O) groups excluding carboxylic acids is 3. The number of imide groups is 2. The van der Waals surface area contributed by atoms with Crippen molar-refractivity contribution in [2.24, 2.45) is 0 Å². The van der Waals surface area contributed by atoms with E-state index in [1.54, 1.807) is 29.2 Å². The topological polar surface area (TPSA) is 99.8 Å². The number of barbiturate groups is 1. The molecule has 2 saturated heterocycles. The number of hydrogen-bond acceptors (Lipinski definition) is 6. The second-order valence-corrected chi connectivity index (χ2v) is 5.64. The van der Waals surface area contributed by atoms with Gasteiger partial charge in [-0.05, 0) is 24.6 Å². The molecule has 4 amide bonds. The standard InChI is InChI=1S/C16H20N4O4/c1-2-24-12-5-3-11(4-6-12)16(20-9-7-17-8-10-20)13(21)18-15(23)19-14(16)22/h3-6,17H,2,7-10H2,1H3,(H2,18,19,21,22,23). The number of nitrogens with zero attached hydrogens (tertiary/aromatic N) is 1. The van der Waals surface area contributed by atoms with Crippen LogP contribution in [0.25, 0.3) is 0 Å². The van der Waals surface area contributed by atoms with E-state index < -0.39 is 23.4 Å². The Bertz CT molecular complexity index is 633. The molecule has 0 spiro atoms. The van der Waals surface area contributed by atoms with Crippen LogP contribution in [0.15, 0.2) is 24.3 Å². The first-order chi connectivity index (χ1) is 11.6. The second kappa shape index (κ2) is 6.58. The van der Waals surface area contributed by atoms with Gasteiger partial charge in [-0.15, -0.1) is 0 Å². The SMILES string of the molecule is CCOc1ccc(C2(N3CCNCC3)C(=O)NC(=O)NC2=O)cc1. The Morgan fingerprint density at radius 2 is 1.62 bits per heavy atom. The lowest BCUT2D eigenvalue weighted by Gasteiger charge is -2.44. The Labute approximate surface area is 139 Å². The molecule has 2 heterocycles. The third-order valence-corrected chi connectivity index (χ3v) is 4.29. The smallest absolute Gasteiger partial charge is 0.328 e. The van der Waals surface area contributed by atoms with Crippen LogP contribution in [0.2, 0.25) is 0 Å². The van der Waals surface area contributed by atoms with Crippen molar-refractivity contribution >= 4 is 17.8 Å². The molecule has 0 bridgehead atoms. The molecule has 0 aliphatic carbocycles. The summed E-state index contributed by atoms with van der Waals surface area (Å²) in [6.45, 7) is 4.76. The first-order valence-electron chi connectivity index (χ1n) is 7.95. The summed E-state index contributed by atoms with van der Waals surface area (Å²) in [6.07, 6.45) is 0. The summed E-state index contributed by atoms with van der Waals surface area (Å²) in [5, 5.41) is 7.66. The molecule has 128 valence electrons. The molecule has 1 aromatic carbocycles. The Kier molecular flexibility index (Phi) is 4.50. The van der Waals surface area contributed by atoms with E-state index in [0.29, 0.717) is 44.1 Å². The summed E-state index contributed by atoms with van der Waals surface area (Å²) >= 11 is 0. The van der Waals surface area contributed by atoms with Gasteiger partial charge in [0.1, 0.15) is 5.75 Å². The first-order valence-corrected chi connectivity index (χ1v) is 7.95. The van der Waals surface area contributed by atoms with Crippen LogP contribution in [-0.2, 0) is 15.1 Å². The third kappa shape index (κ3) is 2.63. The number of nitrogens with one attached hydrogen (secondary N) is 3. The zero-order chi connectivity index (χ0) is 17.2. The van der Waals surface area contributed by atoms with Gasteiger partial charge in [0, 0.05) is 26.2 Å². The molecule has 0 aromatic heterocycles. The number of rotatable bonds is 4. The van der Waals surface area contributed by atoms with Gasteiger partial charge < -0.3 is 10.1 Å². The fourth-order valence-corrected chi connectivity index (χ4v) is 3.21. The zero-order valence-corrected chi connectivity index (χ0v) is 13.4. The highest BCUT2D eigenvalue weighted by atomic mass is 16.5. The van der Waals surface area contributed by atoms with Crippen LogP contribution in [0.1, 0.15) is 12.5 Å². The predicted octanol–water partition coefficient (Wildman–Crippen LogP) is -0.448. The van der Waals surface area contributed by atoms with E-state index in [4.69, 9.17) is 4.74 Å². The van der Waals surface area contributed by atoms with Gasteiger partial charge in [0.05, 0.1) is 6.61 Å². The molecule has 0 saturated carbocycles. The van der Waals surface area contributed by atoms with Gasteiger partial charge in [-0.25, -0.2) is 4.79 Å². The maximum atomic E-state index is 12.8. The van der Waals surface area contributed by atoms with E-state index in [2.05, 4.69) is 16.0 Å². The van der Waals surface area contributed by atoms with Gasteiger partial charge in [-0.1, -0.05) is 12.1 Å². The van der Waals surface area contributed by atoms with E-state index in [-0.39, 0.29) is 0 Å². The van der Waals surface area contributed by atoms with E-state index in [1.807, 2.05) is 6.92 Å². The molecule has 24 heavy (non-hydrogen) atoms. The molecule has 0 unspecified atom stereocenters. The minimum Gasteiger partial charge on any atom is -0.494 e. The molecule has 1 aromatic rings. The van der Waals surface area contributed by atoms with Crippen molar-refractivity contribution in [3.05, 3.63) is 29.8 Å². The molecule has 3 N–H and O–H groups in total. The van der Waals surface area contributed by atoms with Crippen LogP contribution < -0.4 is 20.7 Å². The van der Waals surface area contributed by atoms with E-state index >= 15 is 0 Å². The lowest BCUT2D eigenvalue weighted by Crippen LogP contribution is -2.72. The average molecular weight is 332 g/mol. The normalized spacial score (nSPS) is 21.1. The number of hydrogen-bond donors (Lipinski definition) is 3. The van der Waals surface area contributed by atoms with Gasteiger partial charge >= 0.3 is 6.03 Å². The monoisotopic (exact) mass is 332 g/mol. The maximum Gasteiger partial charge on any atom is 0.328 e. The van der Waals surface area contributed by atoms with Crippen LogP contribution in [0.5, 0.6) is 5.75 Å². The molecule has 8 heteroatoms. The van der Waals surface area contributed by atoms with E-state index in [0.717, 1.165) is 0 Å². The van der Waals surface area contributed by atoms with Crippen molar-refractivity contribution < 1.29 is 19.1 Å². The van der Waals surface area contributed by atoms with E-state index in [9.17, 15) is 14.4 Å². The lowest BCUT2D eigenvalue weighted by molar-refractivity contribution is -0.149. The highest BCUT2D eigenvalue weighted by Crippen LogP contribution is 2.32. The zero-order valence-electron chi connectivity index (χ0n) is 13.4. The highest BCUT2D eigenvalue weighted by Gasteiger charge is 2.56. The van der Waals surface area contributed by atoms with Crippen molar-refractivity contribution in [3.63, 3.8) is 0 Å². The van der Waals surface area contributed by atoms with Crippen LogP contribution in [0.3, 0.4) is 0 Å². The summed E-state index contributed by atoms with van der Waals surface area (Å²) in [6, 6.07) is 6.05. The van der Waals surface area contributed by atoms with Crippen LogP contribution in [-0.4, -0.2) is 55.5 Å². The molecular weight excluding hydrogens is 312 g/mol. The number of amides is 4. The molecule has 0 atom stereocenters. The Balaban J connectivity index is 2.05. The third-order valence-electron chi connectivity index (χ3n) is 4.29. The van der Waals surface area contributed by atoms with Gasteiger partial charge in [0.2, 0.25) is 5.54 Å². The van der Waals surface area contributed by atoms with Crippen LogP contribution in [0.4, 0.5) is 4.79 Å². The minimum absolute atomic E-state index is 0.510. The van der Waals surface area contributed by atoms with Crippen molar-refractivity contribution in [3.8, 4) is 5.75 Å². The average Bonchev–Trinajstić information content (AvgIpc) is 2.57. The van der Waals surface area contributed by atoms with Crippen LogP contribution >= 0.6 is 0 Å².